The van der Waals surface area contributed by atoms with Crippen LogP contribution in [-0.4, -0.2) is 13.1 Å². The number of hydrogen-bond donors (Lipinski definition) is 0. The molecule has 0 bridgehead atoms. The van der Waals surface area contributed by atoms with E-state index in [1.165, 1.54) is 43.4 Å². The molecule has 5 rings (SSSR count). The first-order valence-corrected chi connectivity index (χ1v) is 13.2. The highest BCUT2D eigenvalue weighted by molar-refractivity contribution is 6.88. The van der Waals surface area contributed by atoms with Crippen LogP contribution in [0, 0.1) is 0 Å². The molecule has 0 N–H and O–H groups in total. The molecule has 1 nitrogen and oxygen atoms in total. The van der Waals surface area contributed by atoms with Crippen LogP contribution in [0.4, 0.5) is 0 Å². The van der Waals surface area contributed by atoms with Gasteiger partial charge < -0.3 is 0 Å². The summed E-state index contributed by atoms with van der Waals surface area (Å²) < 4.78 is 0. The van der Waals surface area contributed by atoms with E-state index in [2.05, 4.69) is 88.1 Å². The van der Waals surface area contributed by atoms with Crippen LogP contribution >= 0.6 is 0 Å². The molecule has 0 unspecified atom stereocenters. The number of hydrogen-bond acceptors (Lipinski definition) is 1. The zero-order valence-corrected chi connectivity index (χ0v) is 17.7. The van der Waals surface area contributed by atoms with Crippen molar-refractivity contribution in [2.45, 2.75) is 38.9 Å². The van der Waals surface area contributed by atoms with Gasteiger partial charge in [0.15, 0.2) is 0 Å². The van der Waals surface area contributed by atoms with Crippen molar-refractivity contribution in [2.24, 2.45) is 0 Å². The van der Waals surface area contributed by atoms with Crippen molar-refractivity contribution in [1.82, 2.24) is 4.98 Å². The lowest BCUT2D eigenvalue weighted by Gasteiger charge is -2.36. The van der Waals surface area contributed by atoms with Gasteiger partial charge in [-0.05, 0) is 45.5 Å². The molecule has 0 aliphatic heterocycles. The van der Waals surface area contributed by atoms with Gasteiger partial charge in [0.2, 0.25) is 0 Å². The fourth-order valence-electron chi connectivity index (χ4n) is 4.55. The van der Waals surface area contributed by atoms with Crippen LogP contribution in [0.15, 0.2) is 60.8 Å². The topological polar surface area (TPSA) is 12.9 Å². The Balaban J connectivity index is 1.96. The summed E-state index contributed by atoms with van der Waals surface area (Å²) in [5.74, 6) is 0. The predicted molar refractivity (Wildman–Crippen MR) is 120 cm³/mol. The Labute approximate surface area is 162 Å². The number of rotatable bonds is 1. The van der Waals surface area contributed by atoms with Crippen LogP contribution < -0.4 is 5.19 Å². The van der Waals surface area contributed by atoms with Gasteiger partial charge in [-0.3, -0.25) is 4.98 Å². The molecule has 0 saturated heterocycles. The molecule has 0 saturated carbocycles. The third-order valence-electron chi connectivity index (χ3n) is 6.22. The lowest BCUT2D eigenvalue weighted by atomic mass is 9.69. The Morgan fingerprint density at radius 1 is 0.778 bits per heavy atom. The highest BCUT2D eigenvalue weighted by atomic mass is 28.3. The first-order valence-electron chi connectivity index (χ1n) is 9.74. The van der Waals surface area contributed by atoms with Crippen molar-refractivity contribution in [3.8, 4) is 11.3 Å². The van der Waals surface area contributed by atoms with E-state index in [1.54, 1.807) is 0 Å². The van der Waals surface area contributed by atoms with Gasteiger partial charge in [-0.1, -0.05) is 75.1 Å². The Hall–Kier alpha value is -2.45. The SMILES string of the molecule is CC1(C)c2cc3ccccc3cc2-c2nccc3cc([Si](C)(C)C)cc1c23. The zero-order chi connectivity index (χ0) is 19.0. The molecule has 2 heteroatoms. The lowest BCUT2D eigenvalue weighted by Crippen LogP contribution is -2.39. The number of pyridine rings is 1. The minimum atomic E-state index is -1.41. The lowest BCUT2D eigenvalue weighted by molar-refractivity contribution is 0.645. The Morgan fingerprint density at radius 3 is 2.19 bits per heavy atom. The highest BCUT2D eigenvalue weighted by Crippen LogP contribution is 2.48. The second-order valence-corrected chi connectivity index (χ2v) is 14.5. The molecular weight excluding hydrogens is 342 g/mol. The number of fused-ring (bicyclic) bond motifs is 3. The standard InChI is InChI=1S/C25H25NSi/c1-25(2)21-14-17-9-7-6-8-16(17)13-20(21)24-23-18(10-11-26-24)12-19(15-22(23)25)27(3,4)5/h6-15H,1-5H3. The van der Waals surface area contributed by atoms with Crippen molar-refractivity contribution in [2.75, 3.05) is 0 Å². The molecule has 0 radical (unpaired) electrons. The molecule has 1 aliphatic carbocycles. The maximum Gasteiger partial charge on any atom is 0.0786 e. The molecule has 0 atom stereocenters. The Kier molecular flexibility index (Phi) is 3.28. The molecule has 0 spiro atoms. The van der Waals surface area contributed by atoms with Crippen molar-refractivity contribution < 1.29 is 0 Å². The van der Waals surface area contributed by atoms with Crippen molar-refractivity contribution in [3.63, 3.8) is 0 Å². The van der Waals surface area contributed by atoms with E-state index in [0.717, 1.165) is 5.69 Å². The van der Waals surface area contributed by atoms with Crippen LogP contribution in [0.2, 0.25) is 19.6 Å². The summed E-state index contributed by atoms with van der Waals surface area (Å²) in [5, 5.41) is 6.79. The van der Waals surface area contributed by atoms with Crippen molar-refractivity contribution in [1.29, 1.82) is 0 Å². The van der Waals surface area contributed by atoms with Crippen LogP contribution in [0.3, 0.4) is 0 Å². The summed E-state index contributed by atoms with van der Waals surface area (Å²) in [6.07, 6.45) is 1.98. The molecule has 1 aromatic heterocycles. The van der Waals surface area contributed by atoms with Crippen molar-refractivity contribution in [3.05, 3.63) is 71.9 Å². The third kappa shape index (κ3) is 2.33. The fourth-order valence-corrected chi connectivity index (χ4v) is 5.71. The average Bonchev–Trinajstić information content (AvgIpc) is 2.64. The van der Waals surface area contributed by atoms with Gasteiger partial charge >= 0.3 is 0 Å². The first-order chi connectivity index (χ1) is 12.8. The van der Waals surface area contributed by atoms with Crippen LogP contribution in [0.5, 0.6) is 0 Å². The smallest absolute Gasteiger partial charge is 0.0786 e. The summed E-state index contributed by atoms with van der Waals surface area (Å²) in [5.41, 5.74) is 5.22. The van der Waals surface area contributed by atoms with Gasteiger partial charge in [0, 0.05) is 22.6 Å². The molecule has 1 aliphatic rings. The zero-order valence-electron chi connectivity index (χ0n) is 16.7. The minimum absolute atomic E-state index is 0.0384. The van der Waals surface area contributed by atoms with E-state index in [-0.39, 0.29) is 5.41 Å². The molecule has 3 aromatic carbocycles. The highest BCUT2D eigenvalue weighted by Gasteiger charge is 2.35. The van der Waals surface area contributed by atoms with E-state index in [0.29, 0.717) is 0 Å². The maximum atomic E-state index is 4.85. The minimum Gasteiger partial charge on any atom is -0.256 e. The van der Waals surface area contributed by atoms with Gasteiger partial charge in [-0.15, -0.1) is 0 Å². The van der Waals surface area contributed by atoms with Crippen LogP contribution in [0.25, 0.3) is 32.8 Å². The molecular formula is C25H25NSi. The quantitative estimate of drug-likeness (QED) is 0.363. The summed E-state index contributed by atoms with van der Waals surface area (Å²) >= 11 is 0. The van der Waals surface area contributed by atoms with Gasteiger partial charge in [-0.25, -0.2) is 0 Å². The second kappa shape index (κ2) is 5.29. The molecule has 27 heavy (non-hydrogen) atoms. The Bertz CT molecular complexity index is 1230. The van der Waals surface area contributed by atoms with Gasteiger partial charge in [-0.2, -0.15) is 0 Å². The summed E-state index contributed by atoms with van der Waals surface area (Å²) in [7, 11) is -1.41. The summed E-state index contributed by atoms with van der Waals surface area (Å²) in [6, 6.07) is 20.5. The molecule has 0 fully saturated rings. The summed E-state index contributed by atoms with van der Waals surface area (Å²) in [4.78, 5) is 4.85. The van der Waals surface area contributed by atoms with E-state index >= 15 is 0 Å². The predicted octanol–water partition coefficient (Wildman–Crippen LogP) is 6.24. The van der Waals surface area contributed by atoms with Crippen LogP contribution in [0.1, 0.15) is 25.0 Å². The fraction of sp³-hybridized carbons (Fsp3) is 0.240. The molecule has 0 amide bonds. The second-order valence-electron chi connectivity index (χ2n) is 9.40. The average molecular weight is 368 g/mol. The number of benzene rings is 3. The van der Waals surface area contributed by atoms with E-state index in [9.17, 15) is 0 Å². The van der Waals surface area contributed by atoms with Gasteiger partial charge in [0.25, 0.3) is 0 Å². The summed E-state index contributed by atoms with van der Waals surface area (Å²) in [6.45, 7) is 12.0. The largest absolute Gasteiger partial charge is 0.256 e. The first kappa shape index (κ1) is 16.7. The van der Waals surface area contributed by atoms with Gasteiger partial charge in [0.1, 0.15) is 0 Å². The number of nitrogens with zero attached hydrogens (tertiary/aromatic N) is 1. The Morgan fingerprint density at radius 2 is 1.48 bits per heavy atom. The molecule has 1 heterocycles. The molecule has 134 valence electrons. The van der Waals surface area contributed by atoms with E-state index in [4.69, 9.17) is 4.98 Å². The van der Waals surface area contributed by atoms with Crippen LogP contribution in [-0.2, 0) is 5.41 Å². The number of aromatic nitrogens is 1. The molecule has 4 aromatic rings. The monoisotopic (exact) mass is 367 g/mol. The normalized spacial score (nSPS) is 15.1. The van der Waals surface area contributed by atoms with E-state index < -0.39 is 8.07 Å². The van der Waals surface area contributed by atoms with Gasteiger partial charge in [0.05, 0.1) is 13.8 Å². The third-order valence-corrected chi connectivity index (χ3v) is 8.24. The van der Waals surface area contributed by atoms with Crippen molar-refractivity contribution >= 4 is 34.8 Å². The van der Waals surface area contributed by atoms with E-state index in [1.807, 2.05) is 6.20 Å². The maximum absolute atomic E-state index is 4.85.